The van der Waals surface area contributed by atoms with Crippen LogP contribution in [-0.4, -0.2) is 47.2 Å². The molecular weight excluding hydrogens is 280 g/mol. The summed E-state index contributed by atoms with van der Waals surface area (Å²) in [6.07, 6.45) is 3.54. The van der Waals surface area contributed by atoms with Gasteiger partial charge in [-0.15, -0.1) is 0 Å². The Hall–Kier alpha value is -1.62. The lowest BCUT2D eigenvalue weighted by atomic mass is 10.1. The highest BCUT2D eigenvalue weighted by molar-refractivity contribution is 5.94. The number of carbonyl (C=O) groups excluding carboxylic acids is 1. The molecule has 1 amide bonds. The molecule has 2 heterocycles. The third-order valence-electron chi connectivity index (χ3n) is 3.79. The molecule has 0 bridgehead atoms. The SMILES string of the molecule is CC(C)N(C(=O)c1ccc(OC2CCOCC2)nc1)C(C)C. The quantitative estimate of drug-likeness (QED) is 0.839. The third-order valence-corrected chi connectivity index (χ3v) is 3.79. The predicted molar refractivity (Wildman–Crippen MR) is 85.1 cm³/mol. The second-order valence-electron chi connectivity index (χ2n) is 6.21. The monoisotopic (exact) mass is 306 g/mol. The number of ether oxygens (including phenoxy) is 2. The normalized spacial score (nSPS) is 16.1. The van der Waals surface area contributed by atoms with Gasteiger partial charge in [0.15, 0.2) is 0 Å². The fourth-order valence-corrected chi connectivity index (χ4v) is 2.76. The first kappa shape index (κ1) is 16.7. The van der Waals surface area contributed by atoms with Crippen molar-refractivity contribution in [1.29, 1.82) is 0 Å². The van der Waals surface area contributed by atoms with Gasteiger partial charge in [-0.3, -0.25) is 4.79 Å². The van der Waals surface area contributed by atoms with Gasteiger partial charge in [0, 0.05) is 37.2 Å². The van der Waals surface area contributed by atoms with Crippen LogP contribution in [0.1, 0.15) is 50.9 Å². The number of amides is 1. The third kappa shape index (κ3) is 4.19. The zero-order valence-corrected chi connectivity index (χ0v) is 13.9. The smallest absolute Gasteiger partial charge is 0.255 e. The van der Waals surface area contributed by atoms with E-state index in [0.717, 1.165) is 26.1 Å². The summed E-state index contributed by atoms with van der Waals surface area (Å²) in [7, 11) is 0. The van der Waals surface area contributed by atoms with Crippen molar-refractivity contribution in [3.8, 4) is 5.88 Å². The van der Waals surface area contributed by atoms with Crippen LogP contribution in [0.4, 0.5) is 0 Å². The highest BCUT2D eigenvalue weighted by atomic mass is 16.5. The van der Waals surface area contributed by atoms with Crippen molar-refractivity contribution in [2.75, 3.05) is 13.2 Å². The van der Waals surface area contributed by atoms with E-state index in [-0.39, 0.29) is 24.1 Å². The molecule has 2 rings (SSSR count). The lowest BCUT2D eigenvalue weighted by Gasteiger charge is -2.30. The summed E-state index contributed by atoms with van der Waals surface area (Å²) in [5.41, 5.74) is 0.599. The van der Waals surface area contributed by atoms with Gasteiger partial charge in [0.05, 0.1) is 18.8 Å². The molecule has 1 saturated heterocycles. The minimum Gasteiger partial charge on any atom is -0.474 e. The van der Waals surface area contributed by atoms with Crippen LogP contribution < -0.4 is 4.74 Å². The first-order chi connectivity index (χ1) is 10.5. The van der Waals surface area contributed by atoms with Crippen molar-refractivity contribution < 1.29 is 14.3 Å². The van der Waals surface area contributed by atoms with Gasteiger partial charge in [0.25, 0.3) is 5.91 Å². The van der Waals surface area contributed by atoms with Crippen molar-refractivity contribution >= 4 is 5.91 Å². The minimum absolute atomic E-state index is 0.00937. The van der Waals surface area contributed by atoms with Gasteiger partial charge < -0.3 is 14.4 Å². The summed E-state index contributed by atoms with van der Waals surface area (Å²) in [6.45, 7) is 9.56. The van der Waals surface area contributed by atoms with Crippen LogP contribution in [0.2, 0.25) is 0 Å². The molecule has 0 unspecified atom stereocenters. The van der Waals surface area contributed by atoms with Gasteiger partial charge in [-0.2, -0.15) is 0 Å². The second kappa shape index (κ2) is 7.58. The molecule has 0 aromatic carbocycles. The molecule has 0 atom stereocenters. The Kier molecular flexibility index (Phi) is 5.77. The van der Waals surface area contributed by atoms with Gasteiger partial charge in [-0.05, 0) is 33.8 Å². The maximum absolute atomic E-state index is 12.6. The maximum Gasteiger partial charge on any atom is 0.255 e. The topological polar surface area (TPSA) is 51.7 Å². The number of nitrogens with zero attached hydrogens (tertiary/aromatic N) is 2. The van der Waals surface area contributed by atoms with E-state index in [1.165, 1.54) is 0 Å². The van der Waals surface area contributed by atoms with Crippen LogP contribution in [0.3, 0.4) is 0 Å². The van der Waals surface area contributed by atoms with Gasteiger partial charge in [0.2, 0.25) is 5.88 Å². The van der Waals surface area contributed by atoms with Crippen LogP contribution >= 0.6 is 0 Å². The van der Waals surface area contributed by atoms with Crippen molar-refractivity contribution in [3.63, 3.8) is 0 Å². The van der Waals surface area contributed by atoms with E-state index < -0.39 is 0 Å². The Morgan fingerprint density at radius 2 is 1.86 bits per heavy atom. The number of carbonyl (C=O) groups is 1. The van der Waals surface area contributed by atoms with Gasteiger partial charge in [0.1, 0.15) is 6.10 Å². The summed E-state index contributed by atoms with van der Waals surface area (Å²) in [5.74, 6) is 0.583. The summed E-state index contributed by atoms with van der Waals surface area (Å²) in [6, 6.07) is 3.89. The van der Waals surface area contributed by atoms with Gasteiger partial charge in [-0.25, -0.2) is 4.98 Å². The molecule has 1 aromatic rings. The van der Waals surface area contributed by atoms with Gasteiger partial charge in [-0.1, -0.05) is 0 Å². The Balaban J connectivity index is 2.02. The molecule has 5 heteroatoms. The first-order valence-corrected chi connectivity index (χ1v) is 8.02. The van der Waals surface area contributed by atoms with Crippen LogP contribution in [-0.2, 0) is 4.74 Å². The average Bonchev–Trinajstić information content (AvgIpc) is 2.48. The highest BCUT2D eigenvalue weighted by Gasteiger charge is 2.22. The Morgan fingerprint density at radius 1 is 1.23 bits per heavy atom. The van der Waals surface area contributed by atoms with Crippen LogP contribution in [0.25, 0.3) is 0 Å². The molecule has 0 saturated carbocycles. The molecule has 0 spiro atoms. The van der Waals surface area contributed by atoms with E-state index in [9.17, 15) is 4.79 Å². The molecule has 1 aliphatic rings. The minimum atomic E-state index is 0.00937. The van der Waals surface area contributed by atoms with E-state index in [4.69, 9.17) is 9.47 Å². The van der Waals surface area contributed by atoms with E-state index in [2.05, 4.69) is 4.98 Å². The molecule has 1 fully saturated rings. The Labute approximate surface area is 132 Å². The lowest BCUT2D eigenvalue weighted by Crippen LogP contribution is -2.42. The molecule has 122 valence electrons. The second-order valence-corrected chi connectivity index (χ2v) is 6.21. The molecule has 1 aromatic heterocycles. The van der Waals surface area contributed by atoms with Crippen molar-refractivity contribution in [1.82, 2.24) is 9.88 Å². The fourth-order valence-electron chi connectivity index (χ4n) is 2.76. The van der Waals surface area contributed by atoms with Gasteiger partial charge >= 0.3 is 0 Å². The van der Waals surface area contributed by atoms with Crippen LogP contribution in [0.5, 0.6) is 5.88 Å². The van der Waals surface area contributed by atoms with E-state index >= 15 is 0 Å². The molecule has 0 N–H and O–H groups in total. The summed E-state index contributed by atoms with van der Waals surface area (Å²) >= 11 is 0. The predicted octanol–water partition coefficient (Wildman–Crippen LogP) is 2.90. The lowest BCUT2D eigenvalue weighted by molar-refractivity contribution is 0.0237. The summed E-state index contributed by atoms with van der Waals surface area (Å²) in [4.78, 5) is 18.7. The number of aromatic nitrogens is 1. The van der Waals surface area contributed by atoms with Crippen molar-refractivity contribution in [3.05, 3.63) is 23.9 Å². The molecule has 1 aliphatic heterocycles. The van der Waals surface area contributed by atoms with Crippen LogP contribution in [0.15, 0.2) is 18.3 Å². The van der Waals surface area contributed by atoms with Crippen molar-refractivity contribution in [2.45, 2.75) is 58.7 Å². The largest absolute Gasteiger partial charge is 0.474 e. The van der Waals surface area contributed by atoms with Crippen molar-refractivity contribution in [2.24, 2.45) is 0 Å². The van der Waals surface area contributed by atoms with E-state index in [0.29, 0.717) is 11.4 Å². The highest BCUT2D eigenvalue weighted by Crippen LogP contribution is 2.17. The number of rotatable bonds is 5. The molecular formula is C17H26N2O3. The fraction of sp³-hybridized carbons (Fsp3) is 0.647. The van der Waals surface area contributed by atoms with E-state index in [1.54, 1.807) is 18.3 Å². The molecule has 0 radical (unpaired) electrons. The average molecular weight is 306 g/mol. The zero-order valence-electron chi connectivity index (χ0n) is 13.9. The molecule has 0 aliphatic carbocycles. The standard InChI is InChI=1S/C17H26N2O3/c1-12(2)19(13(3)4)17(20)14-5-6-16(18-11-14)22-15-7-9-21-10-8-15/h5-6,11-13,15H,7-10H2,1-4H3. The number of hydrogen-bond donors (Lipinski definition) is 0. The van der Waals surface area contributed by atoms with E-state index in [1.807, 2.05) is 32.6 Å². The zero-order chi connectivity index (χ0) is 16.1. The number of pyridine rings is 1. The Bertz CT molecular complexity index is 471. The number of hydrogen-bond acceptors (Lipinski definition) is 4. The maximum atomic E-state index is 12.6. The molecule has 5 nitrogen and oxygen atoms in total. The molecule has 22 heavy (non-hydrogen) atoms. The summed E-state index contributed by atoms with van der Waals surface area (Å²) < 4.78 is 11.1. The Morgan fingerprint density at radius 3 is 2.36 bits per heavy atom. The first-order valence-electron chi connectivity index (χ1n) is 8.02. The summed E-state index contributed by atoms with van der Waals surface area (Å²) in [5, 5.41) is 0. The van der Waals surface area contributed by atoms with Crippen LogP contribution in [0, 0.1) is 0 Å².